The number of hydrogen-bond acceptors (Lipinski definition) is 2. The van der Waals surface area contributed by atoms with Crippen molar-refractivity contribution in [1.82, 2.24) is 5.32 Å². The van der Waals surface area contributed by atoms with Gasteiger partial charge >= 0.3 is 0 Å². The van der Waals surface area contributed by atoms with Crippen LogP contribution in [0.5, 0.6) is 5.75 Å². The predicted molar refractivity (Wildman–Crippen MR) is 79.9 cm³/mol. The van der Waals surface area contributed by atoms with Crippen molar-refractivity contribution >= 4 is 11.6 Å². The van der Waals surface area contributed by atoms with E-state index in [0.29, 0.717) is 16.3 Å². The number of halogens is 3. The van der Waals surface area contributed by atoms with Crippen LogP contribution in [0.1, 0.15) is 17.2 Å². The molecule has 2 aromatic rings. The summed E-state index contributed by atoms with van der Waals surface area (Å²) in [5.41, 5.74) is 1.10. The Kier molecular flexibility index (Phi) is 5.15. The molecule has 0 radical (unpaired) electrons. The van der Waals surface area contributed by atoms with Crippen molar-refractivity contribution in [2.45, 2.75) is 12.5 Å². The molecule has 1 atom stereocenters. The quantitative estimate of drug-likeness (QED) is 0.896. The SMILES string of the molecule is CNC(Cc1cc(F)ccc1F)c1cc(Cl)ccc1OC. The Morgan fingerprint density at radius 2 is 1.95 bits per heavy atom. The fourth-order valence-electron chi connectivity index (χ4n) is 2.26. The second-order valence-electron chi connectivity index (χ2n) is 4.67. The van der Waals surface area contributed by atoms with Gasteiger partial charge < -0.3 is 10.1 Å². The fourth-order valence-corrected chi connectivity index (χ4v) is 2.45. The van der Waals surface area contributed by atoms with E-state index < -0.39 is 11.6 Å². The van der Waals surface area contributed by atoms with Gasteiger partial charge in [0, 0.05) is 16.6 Å². The number of methoxy groups -OCH3 is 1. The van der Waals surface area contributed by atoms with E-state index >= 15 is 0 Å². The molecule has 2 aromatic carbocycles. The Bertz CT molecular complexity index is 634. The smallest absolute Gasteiger partial charge is 0.126 e. The molecule has 112 valence electrons. The van der Waals surface area contributed by atoms with Crippen LogP contribution in [-0.2, 0) is 6.42 Å². The summed E-state index contributed by atoms with van der Waals surface area (Å²) >= 11 is 6.02. The molecule has 0 aliphatic carbocycles. The number of hydrogen-bond donors (Lipinski definition) is 1. The average molecular weight is 312 g/mol. The maximum Gasteiger partial charge on any atom is 0.126 e. The third-order valence-electron chi connectivity index (χ3n) is 3.35. The molecule has 21 heavy (non-hydrogen) atoms. The van der Waals surface area contributed by atoms with Gasteiger partial charge in [0.05, 0.1) is 7.11 Å². The van der Waals surface area contributed by atoms with Crippen molar-refractivity contribution in [2.75, 3.05) is 14.2 Å². The van der Waals surface area contributed by atoms with Gasteiger partial charge in [-0.2, -0.15) is 0 Å². The van der Waals surface area contributed by atoms with Gasteiger partial charge in [0.15, 0.2) is 0 Å². The van der Waals surface area contributed by atoms with Crippen molar-refractivity contribution in [3.05, 3.63) is 64.2 Å². The van der Waals surface area contributed by atoms with Crippen LogP contribution in [0.3, 0.4) is 0 Å². The molecule has 1 N–H and O–H groups in total. The first kappa shape index (κ1) is 15.7. The van der Waals surface area contributed by atoms with Crippen LogP contribution in [0, 0.1) is 11.6 Å². The normalized spacial score (nSPS) is 12.2. The van der Waals surface area contributed by atoms with E-state index in [4.69, 9.17) is 16.3 Å². The third kappa shape index (κ3) is 3.71. The number of rotatable bonds is 5. The monoisotopic (exact) mass is 311 g/mol. The Morgan fingerprint density at radius 1 is 1.19 bits per heavy atom. The van der Waals surface area contributed by atoms with Crippen molar-refractivity contribution in [3.8, 4) is 5.75 Å². The molecule has 0 saturated heterocycles. The van der Waals surface area contributed by atoms with E-state index in [1.807, 2.05) is 0 Å². The average Bonchev–Trinajstić information content (AvgIpc) is 2.48. The summed E-state index contributed by atoms with van der Waals surface area (Å²) in [4.78, 5) is 0. The number of likely N-dealkylation sites (N-methyl/N-ethyl adjacent to an activating group) is 1. The van der Waals surface area contributed by atoms with E-state index in [-0.39, 0.29) is 12.5 Å². The van der Waals surface area contributed by atoms with Crippen LogP contribution in [0.2, 0.25) is 5.02 Å². The molecule has 0 heterocycles. The highest BCUT2D eigenvalue weighted by Gasteiger charge is 2.18. The number of benzene rings is 2. The summed E-state index contributed by atoms with van der Waals surface area (Å²) in [6.07, 6.45) is 0.288. The summed E-state index contributed by atoms with van der Waals surface area (Å²) in [6, 6.07) is 8.44. The molecule has 1 unspecified atom stereocenters. The molecule has 0 amide bonds. The van der Waals surface area contributed by atoms with Gasteiger partial charge in [-0.05, 0) is 55.4 Å². The molecule has 2 nitrogen and oxygen atoms in total. The molecular weight excluding hydrogens is 296 g/mol. The van der Waals surface area contributed by atoms with Gasteiger partial charge in [0.1, 0.15) is 17.4 Å². The Balaban J connectivity index is 2.36. The largest absolute Gasteiger partial charge is 0.496 e. The van der Waals surface area contributed by atoms with Crippen molar-refractivity contribution in [3.63, 3.8) is 0 Å². The lowest BCUT2D eigenvalue weighted by atomic mass is 9.97. The van der Waals surface area contributed by atoms with E-state index in [1.165, 1.54) is 6.07 Å². The van der Waals surface area contributed by atoms with Gasteiger partial charge in [-0.3, -0.25) is 0 Å². The molecule has 0 fully saturated rings. The minimum absolute atomic E-state index is 0.241. The lowest BCUT2D eigenvalue weighted by Crippen LogP contribution is -2.20. The highest BCUT2D eigenvalue weighted by molar-refractivity contribution is 6.30. The van der Waals surface area contributed by atoms with Crippen LogP contribution >= 0.6 is 11.6 Å². The maximum atomic E-state index is 13.8. The maximum absolute atomic E-state index is 13.8. The molecule has 5 heteroatoms. The first-order valence-corrected chi connectivity index (χ1v) is 6.87. The topological polar surface area (TPSA) is 21.3 Å². The van der Waals surface area contributed by atoms with Crippen molar-refractivity contribution < 1.29 is 13.5 Å². The van der Waals surface area contributed by atoms with E-state index in [9.17, 15) is 8.78 Å². The van der Waals surface area contributed by atoms with E-state index in [2.05, 4.69) is 5.32 Å². The number of ether oxygens (including phenoxy) is 1. The summed E-state index contributed by atoms with van der Waals surface area (Å²) in [5, 5.41) is 3.65. The molecule has 0 aliphatic rings. The van der Waals surface area contributed by atoms with E-state index in [0.717, 1.165) is 17.7 Å². The third-order valence-corrected chi connectivity index (χ3v) is 3.58. The fraction of sp³-hybridized carbons (Fsp3) is 0.250. The van der Waals surface area contributed by atoms with Crippen LogP contribution in [0.15, 0.2) is 36.4 Å². The molecule has 0 bridgehead atoms. The van der Waals surface area contributed by atoms with Gasteiger partial charge in [-0.25, -0.2) is 8.78 Å². The zero-order chi connectivity index (χ0) is 15.4. The first-order chi connectivity index (χ1) is 10.0. The second-order valence-corrected chi connectivity index (χ2v) is 5.10. The van der Waals surface area contributed by atoms with Crippen LogP contribution < -0.4 is 10.1 Å². The second kappa shape index (κ2) is 6.87. The van der Waals surface area contributed by atoms with Crippen molar-refractivity contribution in [1.29, 1.82) is 0 Å². The summed E-state index contributed by atoms with van der Waals surface area (Å²) in [5.74, 6) is -0.243. The molecule has 0 spiro atoms. The van der Waals surface area contributed by atoms with Gasteiger partial charge in [-0.15, -0.1) is 0 Å². The predicted octanol–water partition coefficient (Wildman–Crippen LogP) is 4.13. The Hall–Kier alpha value is -1.65. The van der Waals surface area contributed by atoms with Gasteiger partial charge in [0.25, 0.3) is 0 Å². The molecule has 0 saturated carbocycles. The lowest BCUT2D eigenvalue weighted by Gasteiger charge is -2.20. The highest BCUT2D eigenvalue weighted by atomic mass is 35.5. The van der Waals surface area contributed by atoms with Crippen LogP contribution in [-0.4, -0.2) is 14.2 Å². The zero-order valence-corrected chi connectivity index (χ0v) is 12.5. The minimum atomic E-state index is -0.459. The number of nitrogens with one attached hydrogen (secondary N) is 1. The van der Waals surface area contributed by atoms with Crippen molar-refractivity contribution in [2.24, 2.45) is 0 Å². The van der Waals surface area contributed by atoms with Crippen LogP contribution in [0.25, 0.3) is 0 Å². The highest BCUT2D eigenvalue weighted by Crippen LogP contribution is 2.30. The zero-order valence-electron chi connectivity index (χ0n) is 11.8. The summed E-state index contributed by atoms with van der Waals surface area (Å²) in [6.45, 7) is 0. The summed E-state index contributed by atoms with van der Waals surface area (Å²) in [7, 11) is 3.31. The molecule has 2 rings (SSSR count). The first-order valence-electron chi connectivity index (χ1n) is 6.49. The van der Waals surface area contributed by atoms with Gasteiger partial charge in [0.2, 0.25) is 0 Å². The lowest BCUT2D eigenvalue weighted by molar-refractivity contribution is 0.400. The van der Waals surface area contributed by atoms with E-state index in [1.54, 1.807) is 32.4 Å². The Labute approximate surface area is 127 Å². The Morgan fingerprint density at radius 3 is 2.62 bits per heavy atom. The molecule has 0 aromatic heterocycles. The standard InChI is InChI=1S/C16H16ClF2NO/c1-20-15(8-10-7-12(18)4-5-14(10)19)13-9-11(17)3-6-16(13)21-2/h3-7,9,15,20H,8H2,1-2H3. The van der Waals surface area contributed by atoms with Gasteiger partial charge in [-0.1, -0.05) is 11.6 Å². The summed E-state index contributed by atoms with van der Waals surface area (Å²) < 4.78 is 32.4. The van der Waals surface area contributed by atoms with Crippen LogP contribution in [0.4, 0.5) is 8.78 Å². The molecular formula is C16H16ClF2NO. The molecule has 0 aliphatic heterocycles. The minimum Gasteiger partial charge on any atom is -0.496 e.